The third-order valence-electron chi connectivity index (χ3n) is 5.68. The average molecular weight is 496 g/mol. The van der Waals surface area contributed by atoms with Gasteiger partial charge in [-0.3, -0.25) is 9.59 Å². The fraction of sp³-hybridized carbons (Fsp3) is 0.360. The van der Waals surface area contributed by atoms with Crippen molar-refractivity contribution in [2.45, 2.75) is 45.4 Å². The van der Waals surface area contributed by atoms with Gasteiger partial charge in [0, 0.05) is 17.8 Å². The van der Waals surface area contributed by atoms with Crippen LogP contribution >= 0.6 is 11.8 Å². The number of ether oxygens (including phenoxy) is 2. The molecular weight excluding hydrogens is 466 g/mol. The molecule has 1 aliphatic rings. The average Bonchev–Trinajstić information content (AvgIpc) is 3.48. The molecule has 0 fully saturated rings. The third kappa shape index (κ3) is 5.59. The summed E-state index contributed by atoms with van der Waals surface area (Å²) >= 11 is 1.32. The minimum atomic E-state index is -0.365. The lowest BCUT2D eigenvalue weighted by Crippen LogP contribution is -2.33. The van der Waals surface area contributed by atoms with Crippen LogP contribution in [-0.2, 0) is 11.3 Å². The van der Waals surface area contributed by atoms with Crippen molar-refractivity contribution >= 4 is 29.3 Å². The van der Waals surface area contributed by atoms with E-state index in [9.17, 15) is 9.59 Å². The SMILES string of the molecule is CCn1c(SCC(=O)Nc2ccccc2C)nnc1C(NC(=O)c1ccc2c(c1)OCO2)C(C)C. The van der Waals surface area contributed by atoms with Crippen molar-refractivity contribution in [2.75, 3.05) is 17.9 Å². The molecule has 2 amide bonds. The molecule has 3 aromatic rings. The van der Waals surface area contributed by atoms with Crippen molar-refractivity contribution in [1.82, 2.24) is 20.1 Å². The summed E-state index contributed by atoms with van der Waals surface area (Å²) in [5.74, 6) is 1.73. The van der Waals surface area contributed by atoms with Crippen LogP contribution in [0.25, 0.3) is 0 Å². The first-order valence-electron chi connectivity index (χ1n) is 11.5. The number of thioether (sulfide) groups is 1. The molecule has 1 aromatic heterocycles. The van der Waals surface area contributed by atoms with Gasteiger partial charge in [-0.05, 0) is 49.6 Å². The number of anilines is 1. The normalized spacial score (nSPS) is 13.1. The van der Waals surface area contributed by atoms with Crippen LogP contribution < -0.4 is 20.1 Å². The number of para-hydroxylation sites is 1. The smallest absolute Gasteiger partial charge is 0.252 e. The number of hydrogen-bond acceptors (Lipinski definition) is 7. The van der Waals surface area contributed by atoms with Gasteiger partial charge in [-0.25, -0.2) is 0 Å². The fourth-order valence-corrected chi connectivity index (χ4v) is 4.56. The summed E-state index contributed by atoms with van der Waals surface area (Å²) < 4.78 is 12.7. The summed E-state index contributed by atoms with van der Waals surface area (Å²) in [7, 11) is 0. The van der Waals surface area contributed by atoms with Crippen LogP contribution in [0.1, 0.15) is 48.6 Å². The number of carbonyl (C=O) groups is 2. The van der Waals surface area contributed by atoms with Gasteiger partial charge in [-0.2, -0.15) is 0 Å². The Hall–Kier alpha value is -3.53. The molecule has 184 valence electrons. The Morgan fingerprint density at radius 2 is 1.89 bits per heavy atom. The van der Waals surface area contributed by atoms with E-state index in [1.165, 1.54) is 11.8 Å². The molecule has 1 aliphatic heterocycles. The molecule has 0 spiro atoms. The van der Waals surface area contributed by atoms with E-state index in [4.69, 9.17) is 9.47 Å². The van der Waals surface area contributed by atoms with Crippen LogP contribution in [-0.4, -0.2) is 39.1 Å². The molecule has 1 atom stereocenters. The second-order valence-corrected chi connectivity index (χ2v) is 9.44. The number of fused-ring (bicyclic) bond motifs is 1. The largest absolute Gasteiger partial charge is 0.454 e. The minimum Gasteiger partial charge on any atom is -0.454 e. The van der Waals surface area contributed by atoms with Crippen molar-refractivity contribution in [3.05, 3.63) is 59.4 Å². The molecule has 2 aromatic carbocycles. The van der Waals surface area contributed by atoms with Crippen molar-refractivity contribution in [1.29, 1.82) is 0 Å². The molecule has 10 heteroatoms. The van der Waals surface area contributed by atoms with E-state index in [1.54, 1.807) is 18.2 Å². The highest BCUT2D eigenvalue weighted by Crippen LogP contribution is 2.33. The molecule has 4 rings (SSSR count). The summed E-state index contributed by atoms with van der Waals surface area (Å²) in [6, 6.07) is 12.4. The van der Waals surface area contributed by atoms with Gasteiger partial charge in [-0.15, -0.1) is 10.2 Å². The molecule has 0 bridgehead atoms. The summed E-state index contributed by atoms with van der Waals surface area (Å²) in [5.41, 5.74) is 2.27. The molecular formula is C25H29N5O4S. The van der Waals surface area contributed by atoms with Gasteiger partial charge in [0.1, 0.15) is 0 Å². The molecule has 0 radical (unpaired) electrons. The molecule has 2 N–H and O–H groups in total. The Labute approximate surface area is 208 Å². The van der Waals surface area contributed by atoms with Gasteiger partial charge in [-0.1, -0.05) is 43.8 Å². The number of hydrogen-bond donors (Lipinski definition) is 2. The summed E-state index contributed by atoms with van der Waals surface area (Å²) in [6.45, 7) is 8.72. The number of carbonyl (C=O) groups excluding carboxylic acids is 2. The van der Waals surface area contributed by atoms with E-state index in [0.29, 0.717) is 34.6 Å². The minimum absolute atomic E-state index is 0.0599. The second-order valence-electron chi connectivity index (χ2n) is 8.50. The van der Waals surface area contributed by atoms with Crippen LogP contribution in [0.3, 0.4) is 0 Å². The standard InChI is InChI=1S/C25H29N5O4S/c1-5-30-23(28-29-25(30)35-13-21(31)26-18-9-7-6-8-16(18)4)22(15(2)3)27-24(32)17-10-11-19-20(12-17)34-14-33-19/h6-12,15,22H,5,13-14H2,1-4H3,(H,26,31)(H,27,32). The van der Waals surface area contributed by atoms with Gasteiger partial charge < -0.3 is 24.7 Å². The van der Waals surface area contributed by atoms with Gasteiger partial charge in [0.2, 0.25) is 12.7 Å². The van der Waals surface area contributed by atoms with Crippen LogP contribution in [0.15, 0.2) is 47.6 Å². The molecule has 0 saturated heterocycles. The highest BCUT2D eigenvalue weighted by molar-refractivity contribution is 7.99. The number of benzene rings is 2. The summed E-state index contributed by atoms with van der Waals surface area (Å²) in [4.78, 5) is 25.5. The number of amides is 2. The highest BCUT2D eigenvalue weighted by Gasteiger charge is 2.27. The summed E-state index contributed by atoms with van der Waals surface area (Å²) in [5, 5.41) is 15.4. The van der Waals surface area contributed by atoms with Crippen molar-refractivity contribution < 1.29 is 19.1 Å². The molecule has 1 unspecified atom stereocenters. The number of aryl methyl sites for hydroxylation is 1. The number of nitrogens with zero attached hydrogens (tertiary/aromatic N) is 3. The van der Waals surface area contributed by atoms with E-state index >= 15 is 0 Å². The van der Waals surface area contributed by atoms with Crippen LogP contribution in [0.2, 0.25) is 0 Å². The first kappa shape index (κ1) is 24.6. The second kappa shape index (κ2) is 10.8. The van der Waals surface area contributed by atoms with Gasteiger partial charge in [0.25, 0.3) is 5.91 Å². The Kier molecular flexibility index (Phi) is 7.60. The topological polar surface area (TPSA) is 107 Å². The number of nitrogens with one attached hydrogen (secondary N) is 2. The van der Waals surface area contributed by atoms with E-state index < -0.39 is 0 Å². The van der Waals surface area contributed by atoms with Gasteiger partial charge in [0.05, 0.1) is 11.8 Å². The Bertz CT molecular complexity index is 1230. The third-order valence-corrected chi connectivity index (χ3v) is 6.65. The quantitative estimate of drug-likeness (QED) is 0.429. The van der Waals surface area contributed by atoms with Gasteiger partial charge >= 0.3 is 0 Å². The van der Waals surface area contributed by atoms with Crippen LogP contribution in [0.5, 0.6) is 11.5 Å². The van der Waals surface area contributed by atoms with Crippen molar-refractivity contribution in [3.63, 3.8) is 0 Å². The molecule has 0 saturated carbocycles. The zero-order valence-electron chi connectivity index (χ0n) is 20.2. The van der Waals surface area contributed by atoms with E-state index in [-0.39, 0.29) is 36.3 Å². The molecule has 2 heterocycles. The van der Waals surface area contributed by atoms with Crippen LogP contribution in [0, 0.1) is 12.8 Å². The van der Waals surface area contributed by atoms with Crippen LogP contribution in [0.4, 0.5) is 5.69 Å². The lowest BCUT2D eigenvalue weighted by atomic mass is 10.0. The predicted molar refractivity (Wildman–Crippen MR) is 134 cm³/mol. The zero-order chi connectivity index (χ0) is 24.9. The van der Waals surface area contributed by atoms with Crippen molar-refractivity contribution in [2.24, 2.45) is 5.92 Å². The molecule has 9 nitrogen and oxygen atoms in total. The van der Waals surface area contributed by atoms with E-state index in [0.717, 1.165) is 11.3 Å². The van der Waals surface area contributed by atoms with Crippen molar-refractivity contribution in [3.8, 4) is 11.5 Å². The lowest BCUT2D eigenvalue weighted by molar-refractivity contribution is -0.113. The molecule has 0 aliphatic carbocycles. The first-order chi connectivity index (χ1) is 16.9. The van der Waals surface area contributed by atoms with E-state index in [2.05, 4.69) is 20.8 Å². The Morgan fingerprint density at radius 1 is 1.11 bits per heavy atom. The zero-order valence-corrected chi connectivity index (χ0v) is 21.0. The number of aromatic nitrogens is 3. The van der Waals surface area contributed by atoms with E-state index in [1.807, 2.05) is 56.5 Å². The monoisotopic (exact) mass is 495 g/mol. The fourth-order valence-electron chi connectivity index (χ4n) is 3.76. The lowest BCUT2D eigenvalue weighted by Gasteiger charge is -2.22. The first-order valence-corrected chi connectivity index (χ1v) is 12.5. The molecule has 35 heavy (non-hydrogen) atoms. The maximum absolute atomic E-state index is 13.0. The van der Waals surface area contributed by atoms with Gasteiger partial charge in [0.15, 0.2) is 22.5 Å². The maximum Gasteiger partial charge on any atom is 0.252 e. The Balaban J connectivity index is 1.45. The highest BCUT2D eigenvalue weighted by atomic mass is 32.2. The summed E-state index contributed by atoms with van der Waals surface area (Å²) in [6.07, 6.45) is 0. The predicted octanol–water partition coefficient (Wildman–Crippen LogP) is 4.19. The number of rotatable bonds is 9. The Morgan fingerprint density at radius 3 is 2.63 bits per heavy atom. The maximum atomic E-state index is 13.0.